The summed E-state index contributed by atoms with van der Waals surface area (Å²) in [5.41, 5.74) is 0. The first-order valence-electron chi connectivity index (χ1n) is 7.89. The van der Waals surface area contributed by atoms with E-state index in [-0.39, 0.29) is 42.5 Å². The van der Waals surface area contributed by atoms with Crippen LogP contribution < -0.4 is 5.32 Å². The molecule has 1 atom stereocenters. The number of nitrogens with one attached hydrogen (secondary N) is 1. The minimum absolute atomic E-state index is 0. The third kappa shape index (κ3) is 6.10. The monoisotopic (exact) mass is 368 g/mol. The highest BCUT2D eigenvalue weighted by Crippen LogP contribution is 2.22. The fraction of sp³-hybridized carbons (Fsp3) is 0.867. The van der Waals surface area contributed by atoms with Crippen molar-refractivity contribution in [2.24, 2.45) is 5.92 Å². The molecule has 2 aliphatic heterocycles. The van der Waals surface area contributed by atoms with Crippen LogP contribution >= 0.6 is 24.8 Å². The van der Waals surface area contributed by atoms with Crippen LogP contribution in [-0.4, -0.2) is 86.4 Å². The Morgan fingerprint density at radius 1 is 1.22 bits per heavy atom. The molecular weight excluding hydrogens is 339 g/mol. The molecule has 0 spiro atoms. The molecule has 1 N–H and O–H groups in total. The number of hydrogen-bond donors (Lipinski definition) is 1. The molecule has 2 saturated heterocycles. The molecule has 23 heavy (non-hydrogen) atoms. The molecule has 8 heteroatoms. The molecule has 0 bridgehead atoms. The van der Waals surface area contributed by atoms with Crippen molar-refractivity contribution in [1.29, 1.82) is 0 Å². The summed E-state index contributed by atoms with van der Waals surface area (Å²) in [5.74, 6) is 0.107. The molecule has 0 saturated carbocycles. The summed E-state index contributed by atoms with van der Waals surface area (Å²) in [4.78, 5) is 30.4. The van der Waals surface area contributed by atoms with Gasteiger partial charge in [0, 0.05) is 39.1 Å². The lowest BCUT2D eigenvalue weighted by Crippen LogP contribution is -2.46. The Hall–Kier alpha value is -0.560. The summed E-state index contributed by atoms with van der Waals surface area (Å²) >= 11 is 0. The standard InChI is InChI=1S/C15H28N4O2.2ClH/c1-17(2)8-9-19-11-12(10-14(19)20)15(21)18(3)13-4-6-16-7-5-13;;/h12-13,16H,4-11H2,1-3H3;2*1H. The van der Waals surface area contributed by atoms with Gasteiger partial charge in [0.1, 0.15) is 0 Å². The summed E-state index contributed by atoms with van der Waals surface area (Å²) in [6.45, 7) is 4.09. The van der Waals surface area contributed by atoms with E-state index in [4.69, 9.17) is 0 Å². The zero-order chi connectivity index (χ0) is 15.4. The Morgan fingerprint density at radius 3 is 2.39 bits per heavy atom. The highest BCUT2D eigenvalue weighted by atomic mass is 35.5. The van der Waals surface area contributed by atoms with Gasteiger partial charge >= 0.3 is 0 Å². The van der Waals surface area contributed by atoms with E-state index in [1.54, 1.807) is 0 Å². The molecule has 1 unspecified atom stereocenters. The third-order valence-electron chi connectivity index (χ3n) is 4.58. The lowest BCUT2D eigenvalue weighted by atomic mass is 10.0. The molecule has 2 aliphatic rings. The van der Waals surface area contributed by atoms with Crippen LogP contribution in [0.4, 0.5) is 0 Å². The highest BCUT2D eigenvalue weighted by Gasteiger charge is 2.37. The van der Waals surface area contributed by atoms with E-state index in [0.29, 0.717) is 25.6 Å². The van der Waals surface area contributed by atoms with Crippen molar-refractivity contribution in [3.8, 4) is 0 Å². The fourth-order valence-corrected chi connectivity index (χ4v) is 3.14. The number of carbonyl (C=O) groups is 2. The number of hydrogen-bond acceptors (Lipinski definition) is 4. The van der Waals surface area contributed by atoms with Gasteiger partial charge in [-0.25, -0.2) is 0 Å². The SMILES string of the molecule is CN(C)CCN1CC(C(=O)N(C)C2CCNCC2)CC1=O.Cl.Cl. The molecule has 0 radical (unpaired) electrons. The normalized spacial score (nSPS) is 21.8. The second-order valence-electron chi connectivity index (χ2n) is 6.47. The van der Waals surface area contributed by atoms with Crippen molar-refractivity contribution >= 4 is 36.6 Å². The maximum atomic E-state index is 12.6. The zero-order valence-electron chi connectivity index (χ0n) is 14.3. The molecule has 2 heterocycles. The lowest BCUT2D eigenvalue weighted by Gasteiger charge is -2.33. The van der Waals surface area contributed by atoms with Gasteiger partial charge in [0.2, 0.25) is 11.8 Å². The average Bonchev–Trinajstić information content (AvgIpc) is 2.85. The summed E-state index contributed by atoms with van der Waals surface area (Å²) in [6, 6.07) is 0.324. The Bertz CT molecular complexity index is 390. The summed E-state index contributed by atoms with van der Waals surface area (Å²) < 4.78 is 0. The predicted octanol–water partition coefficient (Wildman–Crippen LogP) is 0.451. The number of nitrogens with zero attached hydrogens (tertiary/aromatic N) is 3. The molecular formula is C15H30Cl2N4O2. The minimum atomic E-state index is -0.153. The second-order valence-corrected chi connectivity index (χ2v) is 6.47. The van der Waals surface area contributed by atoms with E-state index in [9.17, 15) is 9.59 Å². The van der Waals surface area contributed by atoms with Gasteiger partial charge in [-0.2, -0.15) is 0 Å². The molecule has 0 aliphatic carbocycles. The van der Waals surface area contributed by atoms with Crippen LogP contribution in [0.5, 0.6) is 0 Å². The maximum Gasteiger partial charge on any atom is 0.227 e. The maximum absolute atomic E-state index is 12.6. The van der Waals surface area contributed by atoms with Gasteiger partial charge in [0.05, 0.1) is 5.92 Å². The van der Waals surface area contributed by atoms with Crippen LogP contribution in [0.2, 0.25) is 0 Å². The van der Waals surface area contributed by atoms with Gasteiger partial charge in [-0.15, -0.1) is 24.8 Å². The van der Waals surface area contributed by atoms with E-state index in [1.807, 2.05) is 30.9 Å². The van der Waals surface area contributed by atoms with Crippen LogP contribution in [0.1, 0.15) is 19.3 Å². The van der Waals surface area contributed by atoms with E-state index in [1.165, 1.54) is 0 Å². The van der Waals surface area contributed by atoms with Crippen molar-refractivity contribution in [3.63, 3.8) is 0 Å². The first-order chi connectivity index (χ1) is 9.99. The van der Waals surface area contributed by atoms with Gasteiger partial charge in [-0.1, -0.05) is 0 Å². The van der Waals surface area contributed by atoms with Crippen molar-refractivity contribution in [2.75, 3.05) is 53.9 Å². The molecule has 0 aromatic heterocycles. The Morgan fingerprint density at radius 2 is 1.83 bits per heavy atom. The minimum Gasteiger partial charge on any atom is -0.342 e. The second kappa shape index (κ2) is 10.3. The summed E-state index contributed by atoms with van der Waals surface area (Å²) in [6.07, 6.45) is 2.39. The fourth-order valence-electron chi connectivity index (χ4n) is 3.14. The number of amides is 2. The zero-order valence-corrected chi connectivity index (χ0v) is 15.9. The molecule has 0 aromatic carbocycles. The van der Waals surface area contributed by atoms with E-state index >= 15 is 0 Å². The van der Waals surface area contributed by atoms with E-state index in [2.05, 4.69) is 10.2 Å². The van der Waals surface area contributed by atoms with Gasteiger partial charge in [-0.3, -0.25) is 9.59 Å². The number of rotatable bonds is 5. The van der Waals surface area contributed by atoms with Gasteiger partial charge in [0.25, 0.3) is 0 Å². The first kappa shape index (κ1) is 22.4. The number of likely N-dealkylation sites (tertiary alicyclic amines) is 1. The highest BCUT2D eigenvalue weighted by molar-refractivity contribution is 5.89. The largest absolute Gasteiger partial charge is 0.342 e. The van der Waals surface area contributed by atoms with Crippen molar-refractivity contribution in [1.82, 2.24) is 20.0 Å². The van der Waals surface area contributed by atoms with Crippen LogP contribution in [0.25, 0.3) is 0 Å². The molecule has 2 rings (SSSR count). The van der Waals surface area contributed by atoms with Gasteiger partial charge in [0.15, 0.2) is 0 Å². The predicted molar refractivity (Wildman–Crippen MR) is 96.4 cm³/mol. The Balaban J connectivity index is 0.00000242. The molecule has 2 amide bonds. The van der Waals surface area contributed by atoms with Crippen LogP contribution in [0.3, 0.4) is 0 Å². The summed E-state index contributed by atoms with van der Waals surface area (Å²) in [7, 11) is 5.88. The Labute approximate surface area is 151 Å². The van der Waals surface area contributed by atoms with Crippen LogP contribution in [0.15, 0.2) is 0 Å². The lowest BCUT2D eigenvalue weighted by molar-refractivity contribution is -0.137. The molecule has 6 nitrogen and oxygen atoms in total. The summed E-state index contributed by atoms with van der Waals surface area (Å²) in [5, 5.41) is 3.31. The van der Waals surface area contributed by atoms with Crippen LogP contribution in [0, 0.1) is 5.92 Å². The first-order valence-corrected chi connectivity index (χ1v) is 7.89. The molecule has 0 aromatic rings. The van der Waals surface area contributed by atoms with Gasteiger partial charge in [-0.05, 0) is 40.0 Å². The number of carbonyl (C=O) groups excluding carboxylic acids is 2. The molecule has 136 valence electrons. The van der Waals surface area contributed by atoms with Gasteiger partial charge < -0.3 is 20.0 Å². The molecule has 2 fully saturated rings. The van der Waals surface area contributed by atoms with Crippen molar-refractivity contribution in [3.05, 3.63) is 0 Å². The number of piperidine rings is 1. The average molecular weight is 369 g/mol. The van der Waals surface area contributed by atoms with Crippen LogP contribution in [-0.2, 0) is 9.59 Å². The number of likely N-dealkylation sites (N-methyl/N-ethyl adjacent to an activating group) is 1. The number of halogens is 2. The smallest absolute Gasteiger partial charge is 0.227 e. The van der Waals surface area contributed by atoms with E-state index < -0.39 is 0 Å². The topological polar surface area (TPSA) is 55.9 Å². The van der Waals surface area contributed by atoms with Crippen molar-refractivity contribution < 1.29 is 9.59 Å². The van der Waals surface area contributed by atoms with Crippen molar-refractivity contribution in [2.45, 2.75) is 25.3 Å². The third-order valence-corrected chi connectivity index (χ3v) is 4.58. The quantitative estimate of drug-likeness (QED) is 0.765. The Kier molecular flexibility index (Phi) is 10.1. The van der Waals surface area contributed by atoms with E-state index in [0.717, 1.165) is 32.5 Å².